The standard InChI is InChI=1S/C14H13ClN8O2S.ClH/c1-7-6-22-11(5-18-21-13(16)20-17)12(19-14(22)26-7)8-2-3-9(15)10(4-8)23(24)25;/h2-6H,17H2,1H3,(H3,16,20,21);1H/b18-5+;. The number of nitrogens with zero attached hydrogens (tertiary/aromatic N) is 5. The number of nitro benzene ring substituents is 1. The smallest absolute Gasteiger partial charge is 0.288 e. The first-order valence-electron chi connectivity index (χ1n) is 7.16. The van der Waals surface area contributed by atoms with E-state index >= 15 is 0 Å². The molecule has 5 N–H and O–H groups in total. The zero-order valence-corrected chi connectivity index (χ0v) is 16.2. The monoisotopic (exact) mass is 428 g/mol. The Morgan fingerprint density at radius 3 is 2.93 bits per heavy atom. The van der Waals surface area contributed by atoms with Gasteiger partial charge < -0.3 is 11.6 Å². The molecule has 10 nitrogen and oxygen atoms in total. The molecular formula is C14H14Cl2N8O2S. The van der Waals surface area contributed by atoms with Gasteiger partial charge >= 0.3 is 0 Å². The fourth-order valence-electron chi connectivity index (χ4n) is 2.30. The van der Waals surface area contributed by atoms with Crippen LogP contribution in [0.25, 0.3) is 16.2 Å². The van der Waals surface area contributed by atoms with Crippen LogP contribution in [0.15, 0.2) is 34.6 Å². The highest BCUT2D eigenvalue weighted by atomic mass is 35.5. The number of rotatable bonds is 4. The van der Waals surface area contributed by atoms with Gasteiger partial charge in [-0.1, -0.05) is 17.7 Å². The molecule has 0 spiro atoms. The number of fused-ring (bicyclic) bond motifs is 1. The largest absolute Gasteiger partial charge is 0.367 e. The number of aromatic nitrogens is 2. The molecular weight excluding hydrogens is 415 g/mol. The van der Waals surface area contributed by atoms with E-state index in [9.17, 15) is 10.1 Å². The van der Waals surface area contributed by atoms with Crippen LogP contribution in [-0.2, 0) is 0 Å². The predicted octanol–water partition coefficient (Wildman–Crippen LogP) is 2.47. The highest BCUT2D eigenvalue weighted by Gasteiger charge is 2.19. The molecule has 0 radical (unpaired) electrons. The maximum absolute atomic E-state index is 11.2. The van der Waals surface area contributed by atoms with E-state index in [0.29, 0.717) is 17.0 Å². The van der Waals surface area contributed by atoms with Crippen molar-refractivity contribution in [3.8, 4) is 11.3 Å². The second-order valence-electron chi connectivity index (χ2n) is 5.15. The van der Waals surface area contributed by atoms with Crippen LogP contribution in [0.3, 0.4) is 0 Å². The molecule has 0 saturated carbocycles. The summed E-state index contributed by atoms with van der Waals surface area (Å²) < 4.78 is 1.83. The predicted molar refractivity (Wildman–Crippen MR) is 109 cm³/mol. The molecule has 0 fully saturated rings. The van der Waals surface area contributed by atoms with E-state index in [2.05, 4.69) is 20.6 Å². The van der Waals surface area contributed by atoms with Crippen molar-refractivity contribution in [3.05, 3.63) is 50.1 Å². The van der Waals surface area contributed by atoms with Gasteiger partial charge in [-0.25, -0.2) is 10.4 Å². The molecule has 1 aromatic carbocycles. The first kappa shape index (κ1) is 20.4. The number of thiazole rings is 1. The van der Waals surface area contributed by atoms with Gasteiger partial charge in [-0.3, -0.25) is 14.5 Å². The van der Waals surface area contributed by atoms with Gasteiger partial charge in [0.15, 0.2) is 4.96 Å². The summed E-state index contributed by atoms with van der Waals surface area (Å²) in [5, 5.41) is 18.4. The van der Waals surface area contributed by atoms with Crippen LogP contribution in [0.4, 0.5) is 5.69 Å². The Balaban J connectivity index is 0.00000261. The van der Waals surface area contributed by atoms with Gasteiger partial charge in [-0.15, -0.1) is 28.8 Å². The summed E-state index contributed by atoms with van der Waals surface area (Å²) >= 11 is 7.37. The van der Waals surface area contributed by atoms with Gasteiger partial charge in [-0.05, 0) is 13.0 Å². The summed E-state index contributed by atoms with van der Waals surface area (Å²) in [4.78, 5) is 16.9. The van der Waals surface area contributed by atoms with Crippen LogP contribution in [0.2, 0.25) is 5.02 Å². The van der Waals surface area contributed by atoms with Crippen LogP contribution in [0.1, 0.15) is 10.6 Å². The summed E-state index contributed by atoms with van der Waals surface area (Å²) in [5.41, 5.74) is 9.37. The summed E-state index contributed by atoms with van der Waals surface area (Å²) in [7, 11) is 0. The van der Waals surface area contributed by atoms with Crippen molar-refractivity contribution in [2.24, 2.45) is 21.8 Å². The van der Waals surface area contributed by atoms with Crippen molar-refractivity contribution in [1.29, 1.82) is 0 Å². The Morgan fingerprint density at radius 1 is 1.52 bits per heavy atom. The third-order valence-electron chi connectivity index (χ3n) is 3.40. The minimum absolute atomic E-state index is 0. The first-order chi connectivity index (χ1) is 12.4. The normalized spacial score (nSPS) is 11.7. The van der Waals surface area contributed by atoms with Crippen LogP contribution in [-0.4, -0.2) is 26.5 Å². The second-order valence-corrected chi connectivity index (χ2v) is 6.77. The molecule has 0 aliphatic rings. The topological polar surface area (TPSA) is 149 Å². The molecule has 0 aliphatic carbocycles. The quantitative estimate of drug-likeness (QED) is 0.191. The Hall–Kier alpha value is -2.89. The number of nitrogens with one attached hydrogen (secondary N) is 1. The van der Waals surface area contributed by atoms with Gasteiger partial charge in [0.05, 0.1) is 22.5 Å². The minimum atomic E-state index is -0.540. The third-order valence-corrected chi connectivity index (χ3v) is 4.62. The fraction of sp³-hybridized carbons (Fsp3) is 0.0714. The van der Waals surface area contributed by atoms with E-state index in [-0.39, 0.29) is 29.1 Å². The Bertz CT molecular complexity index is 1060. The molecule has 3 aromatic rings. The lowest BCUT2D eigenvalue weighted by molar-refractivity contribution is -0.384. The number of hydrogen-bond donors (Lipinski definition) is 3. The lowest BCUT2D eigenvalue weighted by Gasteiger charge is -2.02. The van der Waals surface area contributed by atoms with Crippen molar-refractivity contribution in [2.75, 3.05) is 0 Å². The molecule has 3 rings (SSSR count). The Labute approximate surface area is 168 Å². The maximum Gasteiger partial charge on any atom is 0.288 e. The summed E-state index contributed by atoms with van der Waals surface area (Å²) in [6.07, 6.45) is 3.38. The second kappa shape index (κ2) is 8.20. The lowest BCUT2D eigenvalue weighted by atomic mass is 10.1. The molecule has 13 heteroatoms. The van der Waals surface area contributed by atoms with E-state index in [1.165, 1.54) is 29.7 Å². The summed E-state index contributed by atoms with van der Waals surface area (Å²) in [6.45, 7) is 1.95. The van der Waals surface area contributed by atoms with Crippen molar-refractivity contribution in [3.63, 3.8) is 0 Å². The van der Waals surface area contributed by atoms with Crippen molar-refractivity contribution < 1.29 is 4.92 Å². The van der Waals surface area contributed by atoms with Crippen molar-refractivity contribution in [1.82, 2.24) is 14.8 Å². The minimum Gasteiger partial charge on any atom is -0.367 e. The number of guanidine groups is 1. The van der Waals surface area contributed by atoms with E-state index in [4.69, 9.17) is 23.2 Å². The van der Waals surface area contributed by atoms with Crippen LogP contribution >= 0.6 is 35.3 Å². The molecule has 2 heterocycles. The molecule has 0 bridgehead atoms. The third kappa shape index (κ3) is 4.10. The SMILES string of the molecule is Cc1cn2c(/C=N/N/C(N)=N\N)c(-c3ccc(Cl)c([N+](=O)[O-])c3)nc2s1.Cl. The number of hydrazone groups is 2. The van der Waals surface area contributed by atoms with Gasteiger partial charge in [0, 0.05) is 22.7 Å². The first-order valence-corrected chi connectivity index (χ1v) is 8.35. The lowest BCUT2D eigenvalue weighted by Crippen LogP contribution is -2.28. The summed E-state index contributed by atoms with van der Waals surface area (Å²) in [5.74, 6) is 4.98. The molecule has 2 aromatic heterocycles. The molecule has 0 atom stereocenters. The molecule has 0 amide bonds. The number of hydrogen-bond acceptors (Lipinski definition) is 7. The average Bonchev–Trinajstić information content (AvgIpc) is 3.11. The number of nitrogens with two attached hydrogens (primary N) is 2. The van der Waals surface area contributed by atoms with E-state index in [0.717, 1.165) is 9.84 Å². The van der Waals surface area contributed by atoms with E-state index in [1.54, 1.807) is 6.07 Å². The fourth-order valence-corrected chi connectivity index (χ4v) is 3.32. The van der Waals surface area contributed by atoms with Crippen LogP contribution in [0, 0.1) is 17.0 Å². The highest BCUT2D eigenvalue weighted by Crippen LogP contribution is 2.32. The highest BCUT2D eigenvalue weighted by molar-refractivity contribution is 7.17. The molecule has 0 saturated heterocycles. The number of nitro groups is 1. The number of imidazole rings is 1. The van der Waals surface area contributed by atoms with Crippen molar-refractivity contribution in [2.45, 2.75) is 6.92 Å². The maximum atomic E-state index is 11.2. The summed E-state index contributed by atoms with van der Waals surface area (Å²) in [6, 6.07) is 4.50. The van der Waals surface area contributed by atoms with E-state index < -0.39 is 4.92 Å². The van der Waals surface area contributed by atoms with Gasteiger partial charge in [0.1, 0.15) is 5.02 Å². The van der Waals surface area contributed by atoms with Crippen LogP contribution in [0.5, 0.6) is 0 Å². The van der Waals surface area contributed by atoms with Gasteiger partial charge in [0.25, 0.3) is 5.69 Å². The van der Waals surface area contributed by atoms with Gasteiger partial charge in [-0.2, -0.15) is 5.10 Å². The van der Waals surface area contributed by atoms with Crippen LogP contribution < -0.4 is 17.0 Å². The number of benzene rings is 1. The van der Waals surface area contributed by atoms with Crippen molar-refractivity contribution >= 4 is 58.2 Å². The molecule has 0 unspecified atom stereocenters. The number of aryl methyl sites for hydroxylation is 1. The molecule has 0 aliphatic heterocycles. The Kier molecular flexibility index (Phi) is 6.20. The Morgan fingerprint density at radius 2 is 2.26 bits per heavy atom. The average molecular weight is 429 g/mol. The molecule has 142 valence electrons. The zero-order valence-electron chi connectivity index (χ0n) is 13.8. The zero-order chi connectivity index (χ0) is 18.8. The number of halogens is 2. The molecule has 27 heavy (non-hydrogen) atoms. The van der Waals surface area contributed by atoms with E-state index in [1.807, 2.05) is 17.5 Å². The van der Waals surface area contributed by atoms with Gasteiger partial charge in [0.2, 0.25) is 5.96 Å².